The maximum absolute atomic E-state index is 11.1. The van der Waals surface area contributed by atoms with E-state index in [-0.39, 0.29) is 31.3 Å². The summed E-state index contributed by atoms with van der Waals surface area (Å²) in [6, 6.07) is 0. The first-order chi connectivity index (χ1) is 8.66. The largest absolute Gasteiger partial charge is 0.460 e. The smallest absolute Gasteiger partial charge is 0.330 e. The molecule has 0 N–H and O–H groups in total. The lowest BCUT2D eigenvalue weighted by atomic mass is 10.3. The van der Waals surface area contributed by atoms with Gasteiger partial charge >= 0.3 is 5.97 Å². The van der Waals surface area contributed by atoms with Crippen molar-refractivity contribution in [2.45, 2.75) is 32.5 Å². The zero-order chi connectivity index (χ0) is 13.0. The van der Waals surface area contributed by atoms with Gasteiger partial charge in [-0.15, -0.1) is 0 Å². The number of epoxide rings is 1. The molecule has 2 rings (SSSR count). The first-order valence-corrected chi connectivity index (χ1v) is 5.99. The molecule has 0 saturated carbocycles. The van der Waals surface area contributed by atoms with Gasteiger partial charge in [-0.1, -0.05) is 5.57 Å². The van der Waals surface area contributed by atoms with E-state index in [1.54, 1.807) is 0 Å². The van der Waals surface area contributed by atoms with E-state index in [1.165, 1.54) is 6.08 Å². The maximum atomic E-state index is 11.1. The molecule has 0 bridgehead atoms. The normalized spacial score (nSPS) is 28.0. The van der Waals surface area contributed by atoms with E-state index in [2.05, 4.69) is 0 Å². The summed E-state index contributed by atoms with van der Waals surface area (Å²) in [5.74, 6) is -0.338. The first-order valence-electron chi connectivity index (χ1n) is 5.99. The van der Waals surface area contributed by atoms with Crippen LogP contribution in [-0.4, -0.2) is 51.1 Å². The second kappa shape index (κ2) is 6.29. The van der Waals surface area contributed by atoms with Gasteiger partial charge in [-0.2, -0.15) is 0 Å². The Balaban J connectivity index is 1.37. The Morgan fingerprint density at radius 2 is 1.94 bits per heavy atom. The van der Waals surface area contributed by atoms with E-state index < -0.39 is 0 Å². The highest BCUT2D eigenvalue weighted by Gasteiger charge is 2.59. The van der Waals surface area contributed by atoms with Crippen molar-refractivity contribution in [2.75, 3.05) is 26.4 Å². The van der Waals surface area contributed by atoms with E-state index in [9.17, 15) is 4.79 Å². The molecule has 0 aromatic rings. The van der Waals surface area contributed by atoms with Gasteiger partial charge in [-0.05, 0) is 13.8 Å². The summed E-state index contributed by atoms with van der Waals surface area (Å²) in [4.78, 5) is 11.1. The SMILES string of the molecule is CC(C)=CC(=O)OCCOCCOC1OC2OC12. The Morgan fingerprint density at radius 3 is 2.56 bits per heavy atom. The topological polar surface area (TPSA) is 66.5 Å². The molecule has 6 nitrogen and oxygen atoms in total. The first kappa shape index (κ1) is 13.5. The van der Waals surface area contributed by atoms with Crippen LogP contribution in [0, 0.1) is 0 Å². The molecule has 102 valence electrons. The quantitative estimate of drug-likeness (QED) is 0.275. The maximum Gasteiger partial charge on any atom is 0.330 e. The van der Waals surface area contributed by atoms with Crippen molar-refractivity contribution in [3.63, 3.8) is 0 Å². The Labute approximate surface area is 106 Å². The van der Waals surface area contributed by atoms with Crippen LogP contribution in [0.15, 0.2) is 11.6 Å². The summed E-state index contributed by atoms with van der Waals surface area (Å²) in [6.07, 6.45) is 1.33. The summed E-state index contributed by atoms with van der Waals surface area (Å²) in [5, 5.41) is 0. The van der Waals surface area contributed by atoms with Crippen LogP contribution in [0.4, 0.5) is 0 Å². The molecule has 0 radical (unpaired) electrons. The van der Waals surface area contributed by atoms with Gasteiger partial charge in [0.05, 0.1) is 19.8 Å². The fourth-order valence-electron chi connectivity index (χ4n) is 1.47. The van der Waals surface area contributed by atoms with Crippen LogP contribution in [0.2, 0.25) is 0 Å². The monoisotopic (exact) mass is 258 g/mol. The van der Waals surface area contributed by atoms with Crippen LogP contribution in [0.5, 0.6) is 0 Å². The van der Waals surface area contributed by atoms with E-state index >= 15 is 0 Å². The summed E-state index contributed by atoms with van der Waals surface area (Å²) in [6.45, 7) is 5.17. The lowest BCUT2D eigenvalue weighted by Gasteiger charge is -2.20. The average molecular weight is 258 g/mol. The molecule has 2 saturated heterocycles. The third-order valence-electron chi connectivity index (χ3n) is 2.41. The molecule has 0 aromatic heterocycles. The molecule has 2 aliphatic rings. The molecule has 2 fully saturated rings. The van der Waals surface area contributed by atoms with Crippen molar-refractivity contribution >= 4 is 5.97 Å². The molecule has 3 unspecified atom stereocenters. The van der Waals surface area contributed by atoms with E-state index in [4.69, 9.17) is 23.7 Å². The van der Waals surface area contributed by atoms with Crippen LogP contribution in [0.1, 0.15) is 13.8 Å². The van der Waals surface area contributed by atoms with Crippen LogP contribution in [0.3, 0.4) is 0 Å². The van der Waals surface area contributed by atoms with Crippen molar-refractivity contribution in [3.05, 3.63) is 11.6 Å². The Hall–Kier alpha value is -0.950. The lowest BCUT2D eigenvalue weighted by molar-refractivity contribution is -0.206. The fourth-order valence-corrected chi connectivity index (χ4v) is 1.47. The number of rotatable bonds is 8. The molecule has 0 amide bonds. The lowest BCUT2D eigenvalue weighted by Crippen LogP contribution is -2.36. The number of carbonyl (C=O) groups excluding carboxylic acids is 1. The van der Waals surface area contributed by atoms with Gasteiger partial charge in [0.2, 0.25) is 0 Å². The number of hydrogen-bond donors (Lipinski definition) is 0. The molecular weight excluding hydrogens is 240 g/mol. The molecule has 0 aliphatic carbocycles. The minimum atomic E-state index is -0.338. The van der Waals surface area contributed by atoms with Gasteiger partial charge in [0.15, 0.2) is 18.7 Å². The highest BCUT2D eigenvalue weighted by molar-refractivity contribution is 5.82. The van der Waals surface area contributed by atoms with Crippen molar-refractivity contribution in [1.29, 1.82) is 0 Å². The minimum absolute atomic E-state index is 0.0228. The molecule has 0 spiro atoms. The van der Waals surface area contributed by atoms with Gasteiger partial charge in [0.1, 0.15) is 6.61 Å². The number of allylic oxidation sites excluding steroid dienone is 1. The molecule has 2 heterocycles. The van der Waals surface area contributed by atoms with Crippen LogP contribution < -0.4 is 0 Å². The zero-order valence-corrected chi connectivity index (χ0v) is 10.6. The van der Waals surface area contributed by atoms with Gasteiger partial charge in [0.25, 0.3) is 0 Å². The van der Waals surface area contributed by atoms with Crippen LogP contribution >= 0.6 is 0 Å². The van der Waals surface area contributed by atoms with E-state index in [0.29, 0.717) is 19.8 Å². The van der Waals surface area contributed by atoms with Gasteiger partial charge in [-0.3, -0.25) is 0 Å². The van der Waals surface area contributed by atoms with Crippen molar-refractivity contribution in [3.8, 4) is 0 Å². The minimum Gasteiger partial charge on any atom is -0.460 e. The number of ether oxygens (including phenoxy) is 5. The van der Waals surface area contributed by atoms with Crippen molar-refractivity contribution in [1.82, 2.24) is 0 Å². The molecule has 2 aliphatic heterocycles. The van der Waals surface area contributed by atoms with Gasteiger partial charge in [0, 0.05) is 6.08 Å². The second-order valence-corrected chi connectivity index (χ2v) is 4.35. The standard InChI is InChI=1S/C12H18O6/c1-8(2)7-9(13)15-5-3-14-4-6-16-11-10-12(17-10)18-11/h7,10-12H,3-6H2,1-2H3. The van der Waals surface area contributed by atoms with E-state index in [0.717, 1.165) is 5.57 Å². The molecule has 0 aromatic carbocycles. The predicted octanol–water partition coefficient (Wildman–Crippen LogP) is 0.610. The third kappa shape index (κ3) is 4.06. The Morgan fingerprint density at radius 1 is 1.17 bits per heavy atom. The summed E-state index contributed by atoms with van der Waals surface area (Å²) < 4.78 is 25.6. The summed E-state index contributed by atoms with van der Waals surface area (Å²) in [7, 11) is 0. The highest BCUT2D eigenvalue weighted by atomic mass is 16.9. The second-order valence-electron chi connectivity index (χ2n) is 4.35. The number of hydrogen-bond acceptors (Lipinski definition) is 6. The molecule has 18 heavy (non-hydrogen) atoms. The summed E-state index contributed by atoms with van der Waals surface area (Å²) >= 11 is 0. The fraction of sp³-hybridized carbons (Fsp3) is 0.750. The van der Waals surface area contributed by atoms with Gasteiger partial charge in [-0.25, -0.2) is 4.79 Å². The van der Waals surface area contributed by atoms with Crippen LogP contribution in [-0.2, 0) is 28.5 Å². The van der Waals surface area contributed by atoms with E-state index in [1.807, 2.05) is 13.8 Å². The zero-order valence-electron chi connectivity index (χ0n) is 10.6. The average Bonchev–Trinajstić information content (AvgIpc) is 2.92. The Kier molecular flexibility index (Phi) is 4.71. The van der Waals surface area contributed by atoms with Crippen molar-refractivity contribution < 1.29 is 28.5 Å². The van der Waals surface area contributed by atoms with Gasteiger partial charge < -0.3 is 23.7 Å². The molecule has 3 atom stereocenters. The predicted molar refractivity (Wildman–Crippen MR) is 60.7 cm³/mol. The number of esters is 1. The number of carbonyl (C=O) groups is 1. The third-order valence-corrected chi connectivity index (χ3v) is 2.41. The molecule has 6 heteroatoms. The summed E-state index contributed by atoms with van der Waals surface area (Å²) in [5.41, 5.74) is 0.912. The molecular formula is C12H18O6. The highest BCUT2D eigenvalue weighted by Crippen LogP contribution is 2.40. The van der Waals surface area contributed by atoms with Crippen molar-refractivity contribution in [2.24, 2.45) is 0 Å². The Bertz CT molecular complexity index is 323. The van der Waals surface area contributed by atoms with Crippen LogP contribution in [0.25, 0.3) is 0 Å². The number of fused-ring (bicyclic) bond motifs is 1.